The highest BCUT2D eigenvalue weighted by atomic mass is 35.5. The Morgan fingerprint density at radius 1 is 1.38 bits per heavy atom. The van der Waals surface area contributed by atoms with Crippen LogP contribution in [0.5, 0.6) is 0 Å². The largest absolute Gasteiger partial charge is 0.329 e. The predicted molar refractivity (Wildman–Crippen MR) is 72.1 cm³/mol. The van der Waals surface area contributed by atoms with Gasteiger partial charge in [-0.25, -0.2) is 0 Å². The van der Waals surface area contributed by atoms with E-state index in [1.807, 2.05) is 30.0 Å². The smallest absolute Gasteiger partial charge is 0.0417 e. The highest BCUT2D eigenvalue weighted by Crippen LogP contribution is 2.37. The number of halogens is 1. The molecule has 0 heterocycles. The van der Waals surface area contributed by atoms with Crippen molar-refractivity contribution in [3.05, 3.63) is 29.3 Å². The van der Waals surface area contributed by atoms with Gasteiger partial charge in [-0.3, -0.25) is 0 Å². The maximum absolute atomic E-state index is 5.99. The molecular formula is C13H18ClNS. The zero-order valence-corrected chi connectivity index (χ0v) is 10.9. The Bertz CT molecular complexity index is 336. The van der Waals surface area contributed by atoms with Crippen LogP contribution in [0.25, 0.3) is 0 Å². The number of hydrogen-bond acceptors (Lipinski definition) is 2. The monoisotopic (exact) mass is 255 g/mol. The van der Waals surface area contributed by atoms with Crippen molar-refractivity contribution in [1.29, 1.82) is 0 Å². The van der Waals surface area contributed by atoms with Crippen LogP contribution >= 0.6 is 23.4 Å². The average molecular weight is 256 g/mol. The first-order chi connectivity index (χ1) is 7.79. The maximum atomic E-state index is 5.99. The highest BCUT2D eigenvalue weighted by molar-refractivity contribution is 8.00. The van der Waals surface area contributed by atoms with Gasteiger partial charge in [-0.05, 0) is 37.0 Å². The van der Waals surface area contributed by atoms with Gasteiger partial charge in [0.15, 0.2) is 0 Å². The first-order valence-corrected chi connectivity index (χ1v) is 7.17. The van der Waals surface area contributed by atoms with Crippen LogP contribution < -0.4 is 5.73 Å². The van der Waals surface area contributed by atoms with Gasteiger partial charge in [0.2, 0.25) is 0 Å². The fourth-order valence-electron chi connectivity index (χ4n) is 2.38. The third-order valence-electron chi connectivity index (χ3n) is 3.24. The van der Waals surface area contributed by atoms with E-state index in [9.17, 15) is 0 Å². The molecule has 1 fully saturated rings. The van der Waals surface area contributed by atoms with E-state index in [0.29, 0.717) is 5.25 Å². The molecular weight excluding hydrogens is 238 g/mol. The predicted octanol–water partition coefficient (Wildman–Crippen LogP) is 3.95. The summed E-state index contributed by atoms with van der Waals surface area (Å²) < 4.78 is 0. The minimum absolute atomic E-state index is 0.556. The maximum Gasteiger partial charge on any atom is 0.0417 e. The van der Waals surface area contributed by atoms with E-state index in [1.165, 1.54) is 30.6 Å². The first kappa shape index (κ1) is 12.3. The molecule has 16 heavy (non-hydrogen) atoms. The lowest BCUT2D eigenvalue weighted by Crippen LogP contribution is -2.24. The lowest BCUT2D eigenvalue weighted by molar-refractivity contribution is 0.525. The van der Waals surface area contributed by atoms with Crippen LogP contribution in [0.1, 0.15) is 25.7 Å². The standard InChI is InChI=1S/C13H18ClNS/c14-11-6-3-7-12(8-11)16-13(9-15)10-4-1-2-5-10/h3,6-8,10,13H,1-2,4-5,9,15H2. The second-order valence-electron chi connectivity index (χ2n) is 4.39. The van der Waals surface area contributed by atoms with Crippen LogP contribution in [0, 0.1) is 5.92 Å². The Hall–Kier alpha value is -0.180. The summed E-state index contributed by atoms with van der Waals surface area (Å²) in [5.74, 6) is 0.800. The van der Waals surface area contributed by atoms with E-state index in [1.54, 1.807) is 0 Å². The quantitative estimate of drug-likeness (QED) is 0.825. The minimum atomic E-state index is 0.556. The second-order valence-corrected chi connectivity index (χ2v) is 6.14. The molecule has 0 bridgehead atoms. The van der Waals surface area contributed by atoms with Crippen LogP contribution in [0.3, 0.4) is 0 Å². The van der Waals surface area contributed by atoms with E-state index in [4.69, 9.17) is 17.3 Å². The van der Waals surface area contributed by atoms with Crippen molar-refractivity contribution in [3.63, 3.8) is 0 Å². The van der Waals surface area contributed by atoms with Gasteiger partial charge in [0.25, 0.3) is 0 Å². The molecule has 88 valence electrons. The Balaban J connectivity index is 2.00. The second kappa shape index (κ2) is 5.95. The molecule has 2 rings (SSSR count). The number of benzene rings is 1. The number of thioether (sulfide) groups is 1. The molecule has 0 aromatic heterocycles. The van der Waals surface area contributed by atoms with Crippen molar-refractivity contribution in [2.75, 3.05) is 6.54 Å². The molecule has 1 aromatic carbocycles. The molecule has 1 aliphatic rings. The highest BCUT2D eigenvalue weighted by Gasteiger charge is 2.24. The summed E-state index contributed by atoms with van der Waals surface area (Å²) in [6.45, 7) is 0.766. The summed E-state index contributed by atoms with van der Waals surface area (Å²) in [7, 11) is 0. The van der Waals surface area contributed by atoms with Crippen molar-refractivity contribution in [3.8, 4) is 0 Å². The van der Waals surface area contributed by atoms with Crippen molar-refractivity contribution < 1.29 is 0 Å². The van der Waals surface area contributed by atoms with Crippen LogP contribution in [-0.4, -0.2) is 11.8 Å². The van der Waals surface area contributed by atoms with Crippen LogP contribution in [0.2, 0.25) is 5.02 Å². The van der Waals surface area contributed by atoms with Gasteiger partial charge >= 0.3 is 0 Å². The van der Waals surface area contributed by atoms with E-state index < -0.39 is 0 Å². The molecule has 1 unspecified atom stereocenters. The Labute approximate surface area is 107 Å². The molecule has 3 heteroatoms. The summed E-state index contributed by atoms with van der Waals surface area (Å²) >= 11 is 7.88. The summed E-state index contributed by atoms with van der Waals surface area (Å²) in [6.07, 6.45) is 5.43. The van der Waals surface area contributed by atoms with Gasteiger partial charge in [0, 0.05) is 21.7 Å². The normalized spacial score (nSPS) is 18.9. The molecule has 1 aromatic rings. The van der Waals surface area contributed by atoms with Gasteiger partial charge in [-0.1, -0.05) is 30.5 Å². The zero-order valence-electron chi connectivity index (χ0n) is 9.36. The molecule has 0 radical (unpaired) electrons. The third-order valence-corrected chi connectivity index (χ3v) is 4.88. The molecule has 1 nitrogen and oxygen atoms in total. The van der Waals surface area contributed by atoms with Gasteiger partial charge < -0.3 is 5.73 Å². The fraction of sp³-hybridized carbons (Fsp3) is 0.538. The summed E-state index contributed by atoms with van der Waals surface area (Å²) in [6, 6.07) is 8.07. The molecule has 1 aliphatic carbocycles. The number of hydrogen-bond donors (Lipinski definition) is 1. The molecule has 0 saturated heterocycles. The SMILES string of the molecule is NCC(Sc1cccc(Cl)c1)C1CCCC1. The zero-order chi connectivity index (χ0) is 11.4. The summed E-state index contributed by atoms with van der Waals surface area (Å²) in [4.78, 5) is 1.25. The third kappa shape index (κ3) is 3.16. The molecule has 0 amide bonds. The van der Waals surface area contributed by atoms with Crippen LogP contribution in [0.4, 0.5) is 0 Å². The minimum Gasteiger partial charge on any atom is -0.329 e. The summed E-state index contributed by atoms with van der Waals surface area (Å²) in [5, 5.41) is 1.37. The lowest BCUT2D eigenvalue weighted by atomic mass is 10.0. The van der Waals surface area contributed by atoms with Crippen molar-refractivity contribution >= 4 is 23.4 Å². The average Bonchev–Trinajstić information content (AvgIpc) is 2.79. The molecule has 1 saturated carbocycles. The first-order valence-electron chi connectivity index (χ1n) is 5.92. The number of nitrogens with two attached hydrogens (primary N) is 1. The van der Waals surface area contributed by atoms with Crippen molar-refractivity contribution in [2.45, 2.75) is 35.8 Å². The molecule has 0 aliphatic heterocycles. The Kier molecular flexibility index (Phi) is 4.56. The van der Waals surface area contributed by atoms with Crippen LogP contribution in [-0.2, 0) is 0 Å². The van der Waals surface area contributed by atoms with E-state index >= 15 is 0 Å². The lowest BCUT2D eigenvalue weighted by Gasteiger charge is -2.21. The Morgan fingerprint density at radius 2 is 2.12 bits per heavy atom. The van der Waals surface area contributed by atoms with Gasteiger partial charge in [-0.15, -0.1) is 11.8 Å². The van der Waals surface area contributed by atoms with Gasteiger partial charge in [0.05, 0.1) is 0 Å². The molecule has 0 spiro atoms. The van der Waals surface area contributed by atoms with Gasteiger partial charge in [0.1, 0.15) is 0 Å². The molecule has 1 atom stereocenters. The van der Waals surface area contributed by atoms with Crippen molar-refractivity contribution in [2.24, 2.45) is 11.7 Å². The van der Waals surface area contributed by atoms with Gasteiger partial charge in [-0.2, -0.15) is 0 Å². The van der Waals surface area contributed by atoms with E-state index in [-0.39, 0.29) is 0 Å². The van der Waals surface area contributed by atoms with E-state index in [2.05, 4.69) is 6.07 Å². The van der Waals surface area contributed by atoms with Crippen LogP contribution in [0.15, 0.2) is 29.2 Å². The summed E-state index contributed by atoms with van der Waals surface area (Å²) in [5.41, 5.74) is 5.88. The molecule has 2 N–H and O–H groups in total. The topological polar surface area (TPSA) is 26.0 Å². The van der Waals surface area contributed by atoms with E-state index in [0.717, 1.165) is 17.5 Å². The van der Waals surface area contributed by atoms with Crippen molar-refractivity contribution in [1.82, 2.24) is 0 Å². The number of rotatable bonds is 4. The Morgan fingerprint density at radius 3 is 2.75 bits per heavy atom. The fourth-order valence-corrected chi connectivity index (χ4v) is 3.90.